The lowest BCUT2D eigenvalue weighted by Gasteiger charge is -2.06. The van der Waals surface area contributed by atoms with Crippen LogP contribution in [0.5, 0.6) is 5.88 Å². The van der Waals surface area contributed by atoms with Gasteiger partial charge in [0.2, 0.25) is 11.5 Å². The number of rotatable bonds is 6. The highest BCUT2D eigenvalue weighted by molar-refractivity contribution is 7.22. The minimum Gasteiger partial charge on any atom is -0.493 e. The van der Waals surface area contributed by atoms with Crippen LogP contribution in [0.2, 0.25) is 0 Å². The lowest BCUT2D eigenvalue weighted by atomic mass is 10.1. The van der Waals surface area contributed by atoms with Crippen LogP contribution in [-0.4, -0.2) is 31.7 Å². The van der Waals surface area contributed by atoms with Gasteiger partial charge in [-0.1, -0.05) is 53.8 Å². The SMILES string of the molecule is O=C(c1ccccc1)n1c(O)c2n(c1=Nc1ccc(CCNc3nc4ccccc4s3)cc1)CCC2. The van der Waals surface area contributed by atoms with Gasteiger partial charge in [-0.3, -0.25) is 4.79 Å². The number of nitrogens with one attached hydrogen (secondary N) is 1. The molecule has 0 saturated heterocycles. The van der Waals surface area contributed by atoms with E-state index in [0.717, 1.165) is 54.4 Å². The Morgan fingerprint density at radius 1 is 1.03 bits per heavy atom. The fourth-order valence-corrected chi connectivity index (χ4v) is 5.49. The van der Waals surface area contributed by atoms with Crippen molar-refractivity contribution < 1.29 is 9.90 Å². The molecule has 180 valence electrons. The molecule has 36 heavy (non-hydrogen) atoms. The van der Waals surface area contributed by atoms with Gasteiger partial charge in [0, 0.05) is 18.7 Å². The summed E-state index contributed by atoms with van der Waals surface area (Å²) >= 11 is 1.66. The molecule has 2 aromatic heterocycles. The summed E-state index contributed by atoms with van der Waals surface area (Å²) in [5, 5.41) is 15.2. The molecular weight excluding hydrogens is 470 g/mol. The lowest BCUT2D eigenvalue weighted by Crippen LogP contribution is -2.30. The molecule has 0 atom stereocenters. The van der Waals surface area contributed by atoms with Crippen molar-refractivity contribution in [2.75, 3.05) is 11.9 Å². The fraction of sp³-hybridized carbons (Fsp3) is 0.179. The number of aromatic nitrogens is 3. The van der Waals surface area contributed by atoms with Crippen molar-refractivity contribution in [3.63, 3.8) is 0 Å². The third kappa shape index (κ3) is 4.20. The molecule has 0 saturated carbocycles. The van der Waals surface area contributed by atoms with E-state index in [1.807, 2.05) is 53.1 Å². The molecule has 5 aromatic rings. The van der Waals surface area contributed by atoms with Gasteiger partial charge < -0.3 is 15.0 Å². The number of thiazole rings is 1. The van der Waals surface area contributed by atoms with E-state index in [-0.39, 0.29) is 11.8 Å². The third-order valence-corrected chi connectivity index (χ3v) is 7.40. The second-order valence-electron chi connectivity index (χ2n) is 8.77. The van der Waals surface area contributed by atoms with Crippen molar-refractivity contribution in [1.29, 1.82) is 0 Å². The van der Waals surface area contributed by atoms with E-state index >= 15 is 0 Å². The summed E-state index contributed by atoms with van der Waals surface area (Å²) in [6, 6.07) is 25.1. The first kappa shape index (κ1) is 22.3. The molecule has 3 heterocycles. The number of hydrogen-bond donors (Lipinski definition) is 2. The number of fused-ring (bicyclic) bond motifs is 2. The van der Waals surface area contributed by atoms with Crippen LogP contribution in [0, 0.1) is 0 Å². The van der Waals surface area contributed by atoms with Crippen molar-refractivity contribution in [2.45, 2.75) is 25.8 Å². The molecule has 0 bridgehead atoms. The van der Waals surface area contributed by atoms with E-state index < -0.39 is 0 Å². The second kappa shape index (κ2) is 9.47. The van der Waals surface area contributed by atoms with Gasteiger partial charge in [-0.15, -0.1) is 0 Å². The third-order valence-electron chi connectivity index (χ3n) is 6.41. The average Bonchev–Trinajstić information content (AvgIpc) is 3.61. The minimum absolute atomic E-state index is 0.0161. The van der Waals surface area contributed by atoms with E-state index in [0.29, 0.717) is 11.2 Å². The maximum atomic E-state index is 13.2. The number of imidazole rings is 1. The molecule has 3 aromatic carbocycles. The maximum absolute atomic E-state index is 13.2. The zero-order chi connectivity index (χ0) is 24.5. The summed E-state index contributed by atoms with van der Waals surface area (Å²) in [4.78, 5) is 22.7. The van der Waals surface area contributed by atoms with Gasteiger partial charge in [-0.05, 0) is 61.2 Å². The first-order valence-corrected chi connectivity index (χ1v) is 12.9. The van der Waals surface area contributed by atoms with E-state index in [4.69, 9.17) is 4.99 Å². The van der Waals surface area contributed by atoms with Gasteiger partial charge in [0.15, 0.2) is 5.13 Å². The predicted octanol–water partition coefficient (Wildman–Crippen LogP) is 5.13. The van der Waals surface area contributed by atoms with Crippen LogP contribution in [-0.2, 0) is 19.4 Å². The van der Waals surface area contributed by atoms with Crippen LogP contribution in [0.1, 0.15) is 28.0 Å². The van der Waals surface area contributed by atoms with Crippen molar-refractivity contribution in [3.05, 3.63) is 101 Å². The smallest absolute Gasteiger partial charge is 0.267 e. The summed E-state index contributed by atoms with van der Waals surface area (Å²) < 4.78 is 4.46. The van der Waals surface area contributed by atoms with E-state index in [1.165, 1.54) is 14.8 Å². The molecule has 2 N–H and O–H groups in total. The van der Waals surface area contributed by atoms with E-state index in [2.05, 4.69) is 28.5 Å². The number of hydrogen-bond acceptors (Lipinski definition) is 6. The van der Waals surface area contributed by atoms with Gasteiger partial charge in [-0.2, -0.15) is 0 Å². The minimum atomic E-state index is -0.286. The number of aromatic hydroxyl groups is 1. The first-order chi connectivity index (χ1) is 17.7. The number of anilines is 1. The quantitative estimate of drug-likeness (QED) is 0.342. The molecule has 7 nitrogen and oxygen atoms in total. The normalized spacial score (nSPS) is 13.3. The summed E-state index contributed by atoms with van der Waals surface area (Å²) in [5.41, 5.74) is 4.66. The molecule has 0 unspecified atom stereocenters. The fourth-order valence-electron chi connectivity index (χ4n) is 4.59. The summed E-state index contributed by atoms with van der Waals surface area (Å²) in [5.74, 6) is -0.302. The molecule has 1 aliphatic rings. The Balaban J connectivity index is 1.22. The molecule has 0 spiro atoms. The molecule has 6 rings (SSSR count). The Hall–Kier alpha value is -4.17. The second-order valence-corrected chi connectivity index (χ2v) is 9.80. The summed E-state index contributed by atoms with van der Waals surface area (Å²) in [6.07, 6.45) is 2.50. The van der Waals surface area contributed by atoms with Gasteiger partial charge in [0.05, 0.1) is 21.6 Å². The largest absolute Gasteiger partial charge is 0.493 e. The van der Waals surface area contributed by atoms with Crippen LogP contribution in [0.25, 0.3) is 10.2 Å². The topological polar surface area (TPSA) is 84.4 Å². The highest BCUT2D eigenvalue weighted by atomic mass is 32.1. The molecule has 0 fully saturated rings. The Morgan fingerprint density at radius 3 is 2.61 bits per heavy atom. The van der Waals surface area contributed by atoms with Crippen LogP contribution < -0.4 is 10.9 Å². The highest BCUT2D eigenvalue weighted by Crippen LogP contribution is 2.26. The Morgan fingerprint density at radius 2 is 1.81 bits per heavy atom. The number of benzene rings is 3. The van der Waals surface area contributed by atoms with Gasteiger partial charge in [0.1, 0.15) is 0 Å². The first-order valence-electron chi connectivity index (χ1n) is 12.0. The Labute approximate surface area is 212 Å². The van der Waals surface area contributed by atoms with E-state index in [1.54, 1.807) is 23.5 Å². The molecule has 0 radical (unpaired) electrons. The zero-order valence-electron chi connectivity index (χ0n) is 19.6. The molecular formula is C28H25N5O2S. The van der Waals surface area contributed by atoms with Gasteiger partial charge >= 0.3 is 0 Å². The number of carbonyl (C=O) groups excluding carboxylic acids is 1. The molecule has 1 aliphatic heterocycles. The Kier molecular flexibility index (Phi) is 5.87. The monoisotopic (exact) mass is 495 g/mol. The lowest BCUT2D eigenvalue weighted by molar-refractivity contribution is 0.0945. The molecule has 0 aliphatic carbocycles. The van der Waals surface area contributed by atoms with Crippen LogP contribution in [0.3, 0.4) is 0 Å². The maximum Gasteiger partial charge on any atom is 0.267 e. The van der Waals surface area contributed by atoms with Crippen LogP contribution in [0.15, 0.2) is 83.9 Å². The number of carbonyl (C=O) groups is 1. The number of nitrogens with zero attached hydrogens (tertiary/aromatic N) is 4. The molecule has 8 heteroatoms. The van der Waals surface area contributed by atoms with Gasteiger partial charge in [-0.25, -0.2) is 14.5 Å². The standard InChI is InChI=1S/C28H25N5O2S/c34-25(20-7-2-1-3-8-20)33-26(35)23-10-6-18-32(23)28(33)30-21-14-12-19(13-15-21)16-17-29-27-31-22-9-4-5-11-24(22)36-27/h1-5,7-9,11-15,35H,6,10,16-18H2,(H,29,31). The summed E-state index contributed by atoms with van der Waals surface area (Å²) in [7, 11) is 0. The number of para-hydroxylation sites is 1. The van der Waals surface area contributed by atoms with Gasteiger partial charge in [0.25, 0.3) is 5.91 Å². The van der Waals surface area contributed by atoms with Crippen LogP contribution >= 0.6 is 11.3 Å². The molecule has 0 amide bonds. The van der Waals surface area contributed by atoms with Crippen molar-refractivity contribution in [1.82, 2.24) is 14.1 Å². The Bertz CT molecular complexity index is 1580. The average molecular weight is 496 g/mol. The van der Waals surface area contributed by atoms with Crippen LogP contribution in [0.4, 0.5) is 10.8 Å². The van der Waals surface area contributed by atoms with E-state index in [9.17, 15) is 9.90 Å². The van der Waals surface area contributed by atoms with Crippen molar-refractivity contribution in [3.8, 4) is 5.88 Å². The highest BCUT2D eigenvalue weighted by Gasteiger charge is 2.26. The summed E-state index contributed by atoms with van der Waals surface area (Å²) in [6.45, 7) is 1.51. The van der Waals surface area contributed by atoms with Crippen molar-refractivity contribution in [2.24, 2.45) is 4.99 Å². The zero-order valence-corrected chi connectivity index (χ0v) is 20.4. The predicted molar refractivity (Wildman–Crippen MR) is 142 cm³/mol. The van der Waals surface area contributed by atoms with Crippen molar-refractivity contribution >= 4 is 38.3 Å².